The fourth-order valence-electron chi connectivity index (χ4n) is 2.16. The Morgan fingerprint density at radius 3 is 2.56 bits per heavy atom. The van der Waals surface area contributed by atoms with Crippen LogP contribution in [0, 0.1) is 6.92 Å². The summed E-state index contributed by atoms with van der Waals surface area (Å²) in [5, 5.41) is 4.90. The summed E-state index contributed by atoms with van der Waals surface area (Å²) in [5.74, 6) is 0.518. The highest BCUT2D eigenvalue weighted by molar-refractivity contribution is 6.06. The summed E-state index contributed by atoms with van der Waals surface area (Å²) in [6.07, 6.45) is 0.454. The van der Waals surface area contributed by atoms with E-state index in [1.165, 1.54) is 0 Å². The summed E-state index contributed by atoms with van der Waals surface area (Å²) < 4.78 is 5.18. The van der Waals surface area contributed by atoms with Gasteiger partial charge in [-0.05, 0) is 31.0 Å². The molecular weight excluding hydrogens is 232 g/mol. The Hall–Kier alpha value is -2.04. The van der Waals surface area contributed by atoms with Crippen molar-refractivity contribution in [3.8, 4) is 5.75 Å². The standard InChI is InChI=1S/C13H16N2O3/c1-8-6-9(4-5-10(8)18-3)7-13(2)11(16)14-12(17)15-13/h4-6H,7H2,1-3H3,(H2,14,15,16,17). The lowest BCUT2D eigenvalue weighted by Gasteiger charge is -2.21. The largest absolute Gasteiger partial charge is 0.496 e. The number of aryl methyl sites for hydroxylation is 1. The van der Waals surface area contributed by atoms with Crippen LogP contribution >= 0.6 is 0 Å². The summed E-state index contributed by atoms with van der Waals surface area (Å²) >= 11 is 0. The van der Waals surface area contributed by atoms with Crippen LogP contribution in [0.2, 0.25) is 0 Å². The normalized spacial score (nSPS) is 22.6. The summed E-state index contributed by atoms with van der Waals surface area (Å²) in [5.41, 5.74) is 1.11. The van der Waals surface area contributed by atoms with E-state index in [9.17, 15) is 9.59 Å². The van der Waals surface area contributed by atoms with Crippen molar-refractivity contribution in [2.45, 2.75) is 25.8 Å². The van der Waals surface area contributed by atoms with Gasteiger partial charge < -0.3 is 10.1 Å². The molecule has 3 amide bonds. The van der Waals surface area contributed by atoms with Crippen molar-refractivity contribution >= 4 is 11.9 Å². The molecule has 2 N–H and O–H groups in total. The average molecular weight is 248 g/mol. The summed E-state index contributed by atoms with van der Waals surface area (Å²) in [7, 11) is 1.62. The second kappa shape index (κ2) is 4.33. The van der Waals surface area contributed by atoms with Crippen molar-refractivity contribution in [3.63, 3.8) is 0 Å². The first kappa shape index (κ1) is 12.4. The monoisotopic (exact) mass is 248 g/mol. The summed E-state index contributed by atoms with van der Waals surface area (Å²) in [6, 6.07) is 5.28. The Morgan fingerprint density at radius 2 is 2.06 bits per heavy atom. The minimum atomic E-state index is -0.877. The SMILES string of the molecule is COc1ccc(CC2(C)NC(=O)NC2=O)cc1C. The molecule has 1 aromatic carbocycles. The zero-order chi connectivity index (χ0) is 13.3. The third kappa shape index (κ3) is 2.16. The van der Waals surface area contributed by atoms with Crippen LogP contribution in [0.3, 0.4) is 0 Å². The Balaban J connectivity index is 2.22. The fraction of sp³-hybridized carbons (Fsp3) is 0.385. The molecule has 0 saturated carbocycles. The van der Waals surface area contributed by atoms with E-state index in [0.717, 1.165) is 16.9 Å². The zero-order valence-corrected chi connectivity index (χ0v) is 10.7. The van der Waals surface area contributed by atoms with E-state index >= 15 is 0 Å². The minimum Gasteiger partial charge on any atom is -0.496 e. The van der Waals surface area contributed by atoms with Gasteiger partial charge in [-0.15, -0.1) is 0 Å². The minimum absolute atomic E-state index is 0.291. The van der Waals surface area contributed by atoms with Crippen molar-refractivity contribution in [1.29, 1.82) is 0 Å². The van der Waals surface area contributed by atoms with Gasteiger partial charge in [0.2, 0.25) is 0 Å². The average Bonchev–Trinajstić information content (AvgIpc) is 2.52. The van der Waals surface area contributed by atoms with E-state index in [1.807, 2.05) is 25.1 Å². The lowest BCUT2D eigenvalue weighted by molar-refractivity contribution is -0.123. The first-order chi connectivity index (χ1) is 8.44. The van der Waals surface area contributed by atoms with E-state index in [1.54, 1.807) is 14.0 Å². The van der Waals surface area contributed by atoms with Gasteiger partial charge in [-0.1, -0.05) is 12.1 Å². The fourth-order valence-corrected chi connectivity index (χ4v) is 2.16. The molecule has 5 heteroatoms. The van der Waals surface area contributed by atoms with E-state index in [4.69, 9.17) is 4.74 Å². The molecule has 5 nitrogen and oxygen atoms in total. The van der Waals surface area contributed by atoms with Crippen molar-refractivity contribution in [1.82, 2.24) is 10.6 Å². The maximum Gasteiger partial charge on any atom is 0.322 e. The molecule has 1 fully saturated rings. The second-order valence-electron chi connectivity index (χ2n) is 4.72. The van der Waals surface area contributed by atoms with Crippen LogP contribution in [0.1, 0.15) is 18.1 Å². The number of hydrogen-bond acceptors (Lipinski definition) is 3. The van der Waals surface area contributed by atoms with Crippen LogP contribution in [-0.4, -0.2) is 24.6 Å². The number of benzene rings is 1. The molecule has 0 bridgehead atoms. The molecule has 1 unspecified atom stereocenters. The summed E-state index contributed by atoms with van der Waals surface area (Å²) in [6.45, 7) is 3.66. The highest BCUT2D eigenvalue weighted by Gasteiger charge is 2.41. The van der Waals surface area contributed by atoms with Gasteiger partial charge in [-0.3, -0.25) is 10.1 Å². The molecule has 18 heavy (non-hydrogen) atoms. The van der Waals surface area contributed by atoms with Gasteiger partial charge in [0.15, 0.2) is 0 Å². The zero-order valence-electron chi connectivity index (χ0n) is 10.7. The first-order valence-electron chi connectivity index (χ1n) is 5.72. The molecule has 1 atom stereocenters. The molecule has 0 radical (unpaired) electrons. The number of nitrogens with one attached hydrogen (secondary N) is 2. The van der Waals surface area contributed by atoms with Crippen LogP contribution in [0.5, 0.6) is 5.75 Å². The number of urea groups is 1. The molecule has 2 rings (SSSR count). The molecule has 1 heterocycles. The predicted molar refractivity (Wildman–Crippen MR) is 66.5 cm³/mol. The number of rotatable bonds is 3. The lowest BCUT2D eigenvalue weighted by atomic mass is 9.92. The second-order valence-corrected chi connectivity index (χ2v) is 4.72. The molecule has 0 spiro atoms. The number of imide groups is 1. The molecule has 1 aliphatic rings. The highest BCUT2D eigenvalue weighted by atomic mass is 16.5. The number of hydrogen-bond donors (Lipinski definition) is 2. The first-order valence-corrected chi connectivity index (χ1v) is 5.72. The van der Waals surface area contributed by atoms with E-state index in [2.05, 4.69) is 10.6 Å². The van der Waals surface area contributed by atoms with Crippen molar-refractivity contribution in [2.24, 2.45) is 0 Å². The molecule has 1 aliphatic heterocycles. The van der Waals surface area contributed by atoms with Gasteiger partial charge in [-0.2, -0.15) is 0 Å². The Kier molecular flexibility index (Phi) is 2.98. The number of carbonyl (C=O) groups is 2. The number of methoxy groups -OCH3 is 1. The van der Waals surface area contributed by atoms with E-state index < -0.39 is 11.6 Å². The van der Waals surface area contributed by atoms with Gasteiger partial charge in [0, 0.05) is 6.42 Å². The predicted octanol–water partition coefficient (Wildman–Crippen LogP) is 1.14. The van der Waals surface area contributed by atoms with Crippen LogP contribution in [0.25, 0.3) is 0 Å². The van der Waals surface area contributed by atoms with E-state index in [0.29, 0.717) is 6.42 Å². The van der Waals surface area contributed by atoms with Gasteiger partial charge in [0.05, 0.1) is 7.11 Å². The Labute approximate surface area is 106 Å². The molecule has 1 aromatic rings. The van der Waals surface area contributed by atoms with E-state index in [-0.39, 0.29) is 5.91 Å². The van der Waals surface area contributed by atoms with Crippen molar-refractivity contribution < 1.29 is 14.3 Å². The van der Waals surface area contributed by atoms with Crippen LogP contribution in [0.4, 0.5) is 4.79 Å². The maximum absolute atomic E-state index is 11.7. The van der Waals surface area contributed by atoms with Crippen LogP contribution in [0.15, 0.2) is 18.2 Å². The number of carbonyl (C=O) groups excluding carboxylic acids is 2. The van der Waals surface area contributed by atoms with Crippen LogP contribution in [-0.2, 0) is 11.2 Å². The molecular formula is C13H16N2O3. The Morgan fingerprint density at radius 1 is 1.33 bits per heavy atom. The summed E-state index contributed by atoms with van der Waals surface area (Å²) in [4.78, 5) is 22.9. The van der Waals surface area contributed by atoms with Crippen LogP contribution < -0.4 is 15.4 Å². The smallest absolute Gasteiger partial charge is 0.322 e. The highest BCUT2D eigenvalue weighted by Crippen LogP contribution is 2.22. The third-order valence-corrected chi connectivity index (χ3v) is 3.13. The van der Waals surface area contributed by atoms with Crippen molar-refractivity contribution in [2.75, 3.05) is 7.11 Å². The quantitative estimate of drug-likeness (QED) is 0.788. The Bertz CT molecular complexity index is 513. The molecule has 0 aliphatic carbocycles. The molecule has 0 aromatic heterocycles. The molecule has 1 saturated heterocycles. The number of ether oxygens (including phenoxy) is 1. The number of amides is 3. The van der Waals surface area contributed by atoms with Gasteiger partial charge in [0.1, 0.15) is 11.3 Å². The topological polar surface area (TPSA) is 67.4 Å². The lowest BCUT2D eigenvalue weighted by Crippen LogP contribution is -2.45. The maximum atomic E-state index is 11.7. The van der Waals surface area contributed by atoms with Gasteiger partial charge in [-0.25, -0.2) is 4.79 Å². The van der Waals surface area contributed by atoms with Crippen molar-refractivity contribution in [3.05, 3.63) is 29.3 Å². The van der Waals surface area contributed by atoms with Gasteiger partial charge >= 0.3 is 6.03 Å². The van der Waals surface area contributed by atoms with Gasteiger partial charge in [0.25, 0.3) is 5.91 Å². The third-order valence-electron chi connectivity index (χ3n) is 3.13. The molecule has 96 valence electrons.